The first-order valence-electron chi connectivity index (χ1n) is 10.8. The van der Waals surface area contributed by atoms with Crippen LogP contribution in [0.1, 0.15) is 58.2 Å². The van der Waals surface area contributed by atoms with Crippen molar-refractivity contribution in [1.82, 2.24) is 25.4 Å². The summed E-state index contributed by atoms with van der Waals surface area (Å²) in [7, 11) is 1.82. The molecule has 5 rings (SSSR count). The van der Waals surface area contributed by atoms with E-state index in [1.54, 1.807) is 11.0 Å². The Labute approximate surface area is 167 Å². The topological polar surface area (TPSA) is 88.9 Å². The van der Waals surface area contributed by atoms with Crippen molar-refractivity contribution >= 4 is 11.8 Å². The van der Waals surface area contributed by atoms with E-state index in [1.165, 1.54) is 19.3 Å². The van der Waals surface area contributed by atoms with Crippen molar-refractivity contribution < 1.29 is 9.59 Å². The number of carbonyl (C=O) groups is 2. The summed E-state index contributed by atoms with van der Waals surface area (Å²) in [5.41, 5.74) is -0.222. The molecule has 4 fully saturated rings. The molecule has 0 radical (unpaired) electrons. The normalized spacial score (nSPS) is 31.8. The lowest BCUT2D eigenvalue weighted by molar-refractivity contribution is -0.149. The third kappa shape index (κ3) is 3.80. The van der Waals surface area contributed by atoms with E-state index < -0.39 is 6.04 Å². The van der Waals surface area contributed by atoms with E-state index >= 15 is 0 Å². The highest BCUT2D eigenvalue weighted by atomic mass is 16.2. The van der Waals surface area contributed by atoms with Crippen LogP contribution in [0.15, 0.2) is 6.33 Å². The predicted molar refractivity (Wildman–Crippen MR) is 105 cm³/mol. The van der Waals surface area contributed by atoms with Gasteiger partial charge in [0.15, 0.2) is 5.82 Å². The summed E-state index contributed by atoms with van der Waals surface area (Å²) in [4.78, 5) is 30.2. The second-order valence-corrected chi connectivity index (χ2v) is 9.77. The Kier molecular flexibility index (Phi) is 5.19. The van der Waals surface area contributed by atoms with E-state index in [1.807, 2.05) is 20.9 Å². The minimum absolute atomic E-state index is 0.0471. The van der Waals surface area contributed by atoms with Crippen LogP contribution in [0.5, 0.6) is 0 Å². The van der Waals surface area contributed by atoms with E-state index in [2.05, 4.69) is 20.7 Å². The lowest BCUT2D eigenvalue weighted by Crippen LogP contribution is -2.58. The quantitative estimate of drug-likeness (QED) is 0.747. The SMILES string of the molecule is CC(C)C(NC(=O)C12CC3CC(CC(C3)C1)C2)C(=O)NCCc1ncn(C)n1. The number of nitrogens with one attached hydrogen (secondary N) is 2. The number of rotatable bonds is 7. The molecule has 0 aromatic carbocycles. The van der Waals surface area contributed by atoms with Gasteiger partial charge in [0.1, 0.15) is 12.4 Å². The number of hydrogen-bond acceptors (Lipinski definition) is 4. The van der Waals surface area contributed by atoms with Crippen LogP contribution in [-0.2, 0) is 23.1 Å². The molecule has 1 aromatic heterocycles. The lowest BCUT2D eigenvalue weighted by atomic mass is 9.49. The van der Waals surface area contributed by atoms with Crippen molar-refractivity contribution in [1.29, 1.82) is 0 Å². The van der Waals surface area contributed by atoms with Gasteiger partial charge >= 0.3 is 0 Å². The second kappa shape index (κ2) is 7.48. The minimum atomic E-state index is -0.489. The summed E-state index contributed by atoms with van der Waals surface area (Å²) in [5.74, 6) is 2.92. The maximum Gasteiger partial charge on any atom is 0.242 e. The van der Waals surface area contributed by atoms with E-state index in [0.717, 1.165) is 19.3 Å². The van der Waals surface area contributed by atoms with Crippen molar-refractivity contribution in [2.45, 2.75) is 64.8 Å². The number of hydrogen-bond donors (Lipinski definition) is 2. The molecule has 0 aliphatic heterocycles. The van der Waals surface area contributed by atoms with Gasteiger partial charge in [-0.3, -0.25) is 14.3 Å². The van der Waals surface area contributed by atoms with Crippen LogP contribution in [-0.4, -0.2) is 39.2 Å². The Bertz CT molecular complexity index is 706. The summed E-state index contributed by atoms with van der Waals surface area (Å²) in [6.45, 7) is 4.45. The Morgan fingerprint density at radius 1 is 1.18 bits per heavy atom. The van der Waals surface area contributed by atoms with Gasteiger partial charge in [0, 0.05) is 25.4 Å². The summed E-state index contributed by atoms with van der Waals surface area (Å²) < 4.78 is 1.65. The van der Waals surface area contributed by atoms with E-state index in [0.29, 0.717) is 36.5 Å². The number of carbonyl (C=O) groups excluding carboxylic acids is 2. The van der Waals surface area contributed by atoms with E-state index in [9.17, 15) is 9.59 Å². The molecule has 0 saturated heterocycles. The van der Waals surface area contributed by atoms with Gasteiger partial charge < -0.3 is 10.6 Å². The smallest absolute Gasteiger partial charge is 0.242 e. The first kappa shape index (κ1) is 19.4. The molecule has 4 bridgehead atoms. The maximum absolute atomic E-state index is 13.3. The minimum Gasteiger partial charge on any atom is -0.354 e. The van der Waals surface area contributed by atoms with Crippen LogP contribution in [0.3, 0.4) is 0 Å². The Hall–Kier alpha value is -1.92. The largest absolute Gasteiger partial charge is 0.354 e. The monoisotopic (exact) mass is 387 g/mol. The standard InChI is InChI=1S/C21H33N5O2/c1-13(2)18(19(27)22-5-4-17-23-12-26(3)25-17)24-20(28)21-9-14-6-15(10-21)8-16(7-14)11-21/h12-16,18H,4-11H2,1-3H3,(H,22,27)(H,24,28). The summed E-state index contributed by atoms with van der Waals surface area (Å²) in [6.07, 6.45) is 9.21. The van der Waals surface area contributed by atoms with Gasteiger partial charge in [-0.05, 0) is 62.2 Å². The molecule has 7 heteroatoms. The predicted octanol–water partition coefficient (Wildman–Crippen LogP) is 1.83. The molecule has 2 N–H and O–H groups in total. The zero-order valence-corrected chi connectivity index (χ0v) is 17.3. The number of aryl methyl sites for hydroxylation is 1. The van der Waals surface area contributed by atoms with Crippen LogP contribution in [0, 0.1) is 29.1 Å². The molecule has 4 saturated carbocycles. The van der Waals surface area contributed by atoms with E-state index in [-0.39, 0.29) is 23.1 Å². The molecule has 4 aliphatic carbocycles. The number of aromatic nitrogens is 3. The number of nitrogens with zero attached hydrogens (tertiary/aromatic N) is 3. The lowest BCUT2D eigenvalue weighted by Gasteiger charge is -2.55. The third-order valence-corrected chi connectivity index (χ3v) is 7.05. The molecule has 154 valence electrons. The average Bonchev–Trinajstić information content (AvgIpc) is 3.03. The van der Waals surface area contributed by atoms with Crippen LogP contribution in [0.4, 0.5) is 0 Å². The first-order valence-corrected chi connectivity index (χ1v) is 10.8. The van der Waals surface area contributed by atoms with Crippen LogP contribution >= 0.6 is 0 Å². The van der Waals surface area contributed by atoms with Gasteiger partial charge in [-0.15, -0.1) is 0 Å². The fourth-order valence-corrected chi connectivity index (χ4v) is 6.12. The fraction of sp³-hybridized carbons (Fsp3) is 0.810. The summed E-state index contributed by atoms with van der Waals surface area (Å²) in [6, 6.07) is -0.489. The highest BCUT2D eigenvalue weighted by Gasteiger charge is 2.55. The summed E-state index contributed by atoms with van der Waals surface area (Å²) >= 11 is 0. The molecule has 2 amide bonds. The Morgan fingerprint density at radius 3 is 2.29 bits per heavy atom. The Morgan fingerprint density at radius 2 is 1.79 bits per heavy atom. The Balaban J connectivity index is 1.35. The van der Waals surface area contributed by atoms with E-state index in [4.69, 9.17) is 0 Å². The molecule has 7 nitrogen and oxygen atoms in total. The van der Waals surface area contributed by atoms with Crippen molar-refractivity contribution in [2.24, 2.45) is 36.1 Å². The van der Waals surface area contributed by atoms with Crippen molar-refractivity contribution in [3.05, 3.63) is 12.2 Å². The van der Waals surface area contributed by atoms with Crippen molar-refractivity contribution in [2.75, 3.05) is 6.54 Å². The van der Waals surface area contributed by atoms with Crippen molar-refractivity contribution in [3.63, 3.8) is 0 Å². The molecule has 4 aliphatic rings. The van der Waals surface area contributed by atoms with Gasteiger partial charge in [0.2, 0.25) is 11.8 Å². The molecule has 1 aromatic rings. The summed E-state index contributed by atoms with van der Waals surface area (Å²) in [5, 5.41) is 10.3. The molecular formula is C21H33N5O2. The molecule has 28 heavy (non-hydrogen) atoms. The maximum atomic E-state index is 13.3. The molecular weight excluding hydrogens is 354 g/mol. The van der Waals surface area contributed by atoms with Gasteiger partial charge in [0.05, 0.1) is 0 Å². The molecule has 1 unspecified atom stereocenters. The van der Waals surface area contributed by atoms with Crippen LogP contribution < -0.4 is 10.6 Å². The second-order valence-electron chi connectivity index (χ2n) is 9.77. The van der Waals surface area contributed by atoms with Gasteiger partial charge in [0.25, 0.3) is 0 Å². The number of amides is 2. The van der Waals surface area contributed by atoms with Crippen LogP contribution in [0.2, 0.25) is 0 Å². The van der Waals surface area contributed by atoms with Gasteiger partial charge in [-0.1, -0.05) is 13.8 Å². The molecule has 0 spiro atoms. The molecule has 1 heterocycles. The van der Waals surface area contributed by atoms with Gasteiger partial charge in [-0.25, -0.2) is 4.98 Å². The highest BCUT2D eigenvalue weighted by Crippen LogP contribution is 2.60. The molecule has 1 atom stereocenters. The van der Waals surface area contributed by atoms with Crippen molar-refractivity contribution in [3.8, 4) is 0 Å². The fourth-order valence-electron chi connectivity index (χ4n) is 6.12. The van der Waals surface area contributed by atoms with Gasteiger partial charge in [-0.2, -0.15) is 5.10 Å². The average molecular weight is 388 g/mol. The van der Waals surface area contributed by atoms with Crippen LogP contribution in [0.25, 0.3) is 0 Å². The first-order chi connectivity index (χ1) is 13.3. The zero-order valence-electron chi connectivity index (χ0n) is 17.3. The third-order valence-electron chi connectivity index (χ3n) is 7.05. The highest BCUT2D eigenvalue weighted by molar-refractivity contribution is 5.90. The zero-order chi connectivity index (χ0) is 19.9.